The molecule has 7 heteroatoms. The molecule has 118 valence electrons. The quantitative estimate of drug-likeness (QED) is 0.818. The number of pyridine rings is 1. The third kappa shape index (κ3) is 3.04. The molecule has 2 N–H and O–H groups in total. The van der Waals surface area contributed by atoms with Crippen LogP contribution in [0.15, 0.2) is 18.3 Å². The van der Waals surface area contributed by atoms with Crippen molar-refractivity contribution in [1.82, 2.24) is 15.2 Å². The van der Waals surface area contributed by atoms with Crippen LogP contribution in [0.25, 0.3) is 0 Å². The lowest BCUT2D eigenvalue weighted by Gasteiger charge is -2.17. The Balaban J connectivity index is 1.44. The molecule has 0 unspecified atom stereocenters. The van der Waals surface area contributed by atoms with E-state index in [1.807, 2.05) is 4.90 Å². The summed E-state index contributed by atoms with van der Waals surface area (Å²) in [7, 11) is 0. The van der Waals surface area contributed by atoms with E-state index in [9.17, 15) is 14.7 Å². The van der Waals surface area contributed by atoms with E-state index in [0.29, 0.717) is 11.8 Å². The molecule has 0 spiro atoms. The van der Waals surface area contributed by atoms with Crippen LogP contribution >= 0.6 is 0 Å². The number of fused-ring (bicyclic) bond motifs is 1. The summed E-state index contributed by atoms with van der Waals surface area (Å²) < 4.78 is 5.39. The molecule has 22 heavy (non-hydrogen) atoms. The zero-order valence-electron chi connectivity index (χ0n) is 12.2. The summed E-state index contributed by atoms with van der Waals surface area (Å²) in [6, 6.07) is 2.95. The van der Waals surface area contributed by atoms with Crippen molar-refractivity contribution in [1.29, 1.82) is 0 Å². The van der Waals surface area contributed by atoms with Gasteiger partial charge in [0.25, 0.3) is 5.91 Å². The van der Waals surface area contributed by atoms with E-state index in [1.165, 1.54) is 12.3 Å². The van der Waals surface area contributed by atoms with E-state index in [2.05, 4.69) is 10.3 Å². The van der Waals surface area contributed by atoms with Crippen molar-refractivity contribution < 1.29 is 19.4 Å². The highest BCUT2D eigenvalue weighted by molar-refractivity contribution is 5.94. The SMILES string of the molecule is O=C(NCCC(=O)N1C[C@H]2COC[C@H]2C1)c1ncccc1O. The Bertz CT molecular complexity index is 566. The minimum Gasteiger partial charge on any atom is -0.505 e. The molecule has 3 rings (SSSR count). The number of nitrogens with one attached hydrogen (secondary N) is 1. The van der Waals surface area contributed by atoms with Crippen LogP contribution < -0.4 is 5.32 Å². The lowest BCUT2D eigenvalue weighted by Crippen LogP contribution is -2.34. The predicted molar refractivity (Wildman–Crippen MR) is 77.2 cm³/mol. The Morgan fingerprint density at radius 3 is 2.77 bits per heavy atom. The average Bonchev–Trinajstić information content (AvgIpc) is 3.08. The number of hydrogen-bond acceptors (Lipinski definition) is 5. The molecular formula is C15H19N3O4. The summed E-state index contributed by atoms with van der Waals surface area (Å²) in [6.07, 6.45) is 1.69. The zero-order valence-corrected chi connectivity index (χ0v) is 12.2. The van der Waals surface area contributed by atoms with Crippen LogP contribution in [0.4, 0.5) is 0 Å². The van der Waals surface area contributed by atoms with Crippen LogP contribution in [0.5, 0.6) is 5.75 Å². The van der Waals surface area contributed by atoms with Crippen molar-refractivity contribution in [2.75, 3.05) is 32.8 Å². The Morgan fingerprint density at radius 1 is 1.36 bits per heavy atom. The third-order valence-electron chi connectivity index (χ3n) is 4.22. The monoisotopic (exact) mass is 305 g/mol. The smallest absolute Gasteiger partial charge is 0.273 e. The van der Waals surface area contributed by atoms with Gasteiger partial charge in [0, 0.05) is 44.1 Å². The summed E-state index contributed by atoms with van der Waals surface area (Å²) in [5.41, 5.74) is -0.0252. The van der Waals surface area contributed by atoms with Crippen LogP contribution in [-0.4, -0.2) is 59.7 Å². The minimum atomic E-state index is -0.474. The normalized spacial score (nSPS) is 23.4. The first-order valence-electron chi connectivity index (χ1n) is 7.43. The van der Waals surface area contributed by atoms with Gasteiger partial charge in [-0.2, -0.15) is 0 Å². The van der Waals surface area contributed by atoms with Crippen molar-refractivity contribution >= 4 is 11.8 Å². The zero-order chi connectivity index (χ0) is 15.5. The topological polar surface area (TPSA) is 91.8 Å². The second kappa shape index (κ2) is 6.31. The second-order valence-electron chi connectivity index (χ2n) is 5.73. The molecule has 2 atom stereocenters. The molecule has 0 aliphatic carbocycles. The van der Waals surface area contributed by atoms with E-state index >= 15 is 0 Å². The van der Waals surface area contributed by atoms with Gasteiger partial charge in [0.15, 0.2) is 5.69 Å². The Hall–Kier alpha value is -2.15. The number of ether oxygens (including phenoxy) is 1. The minimum absolute atomic E-state index is 0.0252. The number of nitrogens with zero attached hydrogens (tertiary/aromatic N) is 2. The molecule has 0 radical (unpaired) electrons. The number of hydrogen-bond donors (Lipinski definition) is 2. The van der Waals surface area contributed by atoms with Crippen LogP contribution in [0.2, 0.25) is 0 Å². The van der Waals surface area contributed by atoms with Crippen LogP contribution in [-0.2, 0) is 9.53 Å². The molecule has 2 aliphatic heterocycles. The third-order valence-corrected chi connectivity index (χ3v) is 4.22. The van der Waals surface area contributed by atoms with Crippen LogP contribution in [0, 0.1) is 11.8 Å². The number of likely N-dealkylation sites (tertiary alicyclic amines) is 1. The molecule has 2 amide bonds. The summed E-state index contributed by atoms with van der Waals surface area (Å²) in [4.78, 5) is 29.7. The molecule has 2 saturated heterocycles. The van der Waals surface area contributed by atoms with E-state index in [-0.39, 0.29) is 30.3 Å². The lowest BCUT2D eigenvalue weighted by atomic mass is 10.0. The highest BCUT2D eigenvalue weighted by atomic mass is 16.5. The number of aromatic hydroxyl groups is 1. The van der Waals surface area contributed by atoms with Crippen molar-refractivity contribution in [3.63, 3.8) is 0 Å². The van der Waals surface area contributed by atoms with Gasteiger partial charge in [-0.3, -0.25) is 9.59 Å². The van der Waals surface area contributed by atoms with Crippen molar-refractivity contribution in [2.45, 2.75) is 6.42 Å². The molecule has 0 bridgehead atoms. The van der Waals surface area contributed by atoms with Crippen molar-refractivity contribution in [2.24, 2.45) is 11.8 Å². The maximum absolute atomic E-state index is 12.1. The number of rotatable bonds is 4. The number of amides is 2. The maximum atomic E-state index is 12.1. The standard InChI is InChI=1S/C15H19N3O4/c19-12-2-1-4-16-14(12)15(21)17-5-3-13(20)18-6-10-8-22-9-11(10)7-18/h1-2,4,10-11,19H,3,5-9H2,(H,17,21)/t10-,11+. The van der Waals surface area contributed by atoms with Gasteiger partial charge in [-0.25, -0.2) is 4.98 Å². The molecule has 2 aliphatic rings. The lowest BCUT2D eigenvalue weighted by molar-refractivity contribution is -0.130. The number of aromatic nitrogens is 1. The van der Waals surface area contributed by atoms with Gasteiger partial charge >= 0.3 is 0 Å². The number of carbonyl (C=O) groups excluding carboxylic acids is 2. The summed E-state index contributed by atoms with van der Waals surface area (Å²) >= 11 is 0. The summed E-state index contributed by atoms with van der Waals surface area (Å²) in [6.45, 7) is 3.21. The van der Waals surface area contributed by atoms with Gasteiger partial charge in [-0.15, -0.1) is 0 Å². The average molecular weight is 305 g/mol. The molecule has 3 heterocycles. The summed E-state index contributed by atoms with van der Waals surface area (Å²) in [5, 5.41) is 12.2. The van der Waals surface area contributed by atoms with Gasteiger partial charge in [-0.1, -0.05) is 0 Å². The molecule has 2 fully saturated rings. The Labute approximate surface area is 128 Å². The van der Waals surface area contributed by atoms with Gasteiger partial charge in [-0.05, 0) is 12.1 Å². The molecule has 1 aromatic rings. The Morgan fingerprint density at radius 2 is 2.09 bits per heavy atom. The fourth-order valence-electron chi connectivity index (χ4n) is 2.99. The van der Waals surface area contributed by atoms with E-state index in [1.54, 1.807) is 6.07 Å². The van der Waals surface area contributed by atoms with Gasteiger partial charge < -0.3 is 20.1 Å². The van der Waals surface area contributed by atoms with E-state index < -0.39 is 5.91 Å². The summed E-state index contributed by atoms with van der Waals surface area (Å²) in [5.74, 6) is 0.323. The molecular weight excluding hydrogens is 286 g/mol. The largest absolute Gasteiger partial charge is 0.505 e. The highest BCUT2D eigenvalue weighted by Gasteiger charge is 2.38. The first-order valence-corrected chi connectivity index (χ1v) is 7.43. The van der Waals surface area contributed by atoms with Gasteiger partial charge in [0.2, 0.25) is 5.91 Å². The maximum Gasteiger partial charge on any atom is 0.273 e. The van der Waals surface area contributed by atoms with Crippen LogP contribution in [0.3, 0.4) is 0 Å². The molecule has 0 aromatic carbocycles. The van der Waals surface area contributed by atoms with E-state index in [0.717, 1.165) is 26.3 Å². The fourth-order valence-corrected chi connectivity index (χ4v) is 2.99. The van der Waals surface area contributed by atoms with Gasteiger partial charge in [0.1, 0.15) is 5.75 Å². The highest BCUT2D eigenvalue weighted by Crippen LogP contribution is 2.29. The second-order valence-corrected chi connectivity index (χ2v) is 5.73. The number of carbonyl (C=O) groups is 2. The first-order chi connectivity index (χ1) is 10.6. The first kappa shape index (κ1) is 14.8. The fraction of sp³-hybridized carbons (Fsp3) is 0.533. The molecule has 0 saturated carbocycles. The molecule has 7 nitrogen and oxygen atoms in total. The van der Waals surface area contributed by atoms with Gasteiger partial charge in [0.05, 0.1) is 13.2 Å². The Kier molecular flexibility index (Phi) is 4.24. The van der Waals surface area contributed by atoms with E-state index in [4.69, 9.17) is 4.74 Å². The van der Waals surface area contributed by atoms with Crippen molar-refractivity contribution in [3.8, 4) is 5.75 Å². The predicted octanol–water partition coefficient (Wildman–Crippen LogP) is 0.0119. The molecule has 1 aromatic heterocycles. The van der Waals surface area contributed by atoms with Crippen LogP contribution in [0.1, 0.15) is 16.9 Å². The van der Waals surface area contributed by atoms with Crippen molar-refractivity contribution in [3.05, 3.63) is 24.0 Å².